The number of aliphatic hydroxyl groups is 4. The highest BCUT2D eigenvalue weighted by atomic mass is 16.3. The Kier molecular flexibility index (Phi) is 36.6. The molecule has 5 N–H and O–H groups in total. The molecule has 0 aromatic rings. The average molecular weight is 698 g/mol. The monoisotopic (exact) mass is 698 g/mol. The van der Waals surface area contributed by atoms with E-state index in [-0.39, 0.29) is 0 Å². The molecule has 0 heterocycles. The molecule has 0 aliphatic rings. The molecule has 49 heavy (non-hydrogen) atoms. The minimum absolute atomic E-state index is 0.375. The van der Waals surface area contributed by atoms with Gasteiger partial charge >= 0.3 is 0 Å². The average Bonchev–Trinajstić information content (AvgIpc) is 3.09. The van der Waals surface area contributed by atoms with Crippen LogP contribution in [0.3, 0.4) is 0 Å². The third kappa shape index (κ3) is 32.9. The molecule has 0 spiro atoms. The maximum atomic E-state index is 12.5. The van der Waals surface area contributed by atoms with E-state index in [1.807, 2.05) is 0 Å². The van der Waals surface area contributed by atoms with Crippen LogP contribution < -0.4 is 5.32 Å². The Hall–Kier alpha value is -0.690. The van der Waals surface area contributed by atoms with Gasteiger partial charge in [-0.3, -0.25) is 4.79 Å². The molecular formula is C43H87NO5. The molecule has 0 aromatic heterocycles. The van der Waals surface area contributed by atoms with E-state index < -0.39 is 36.9 Å². The van der Waals surface area contributed by atoms with Crippen molar-refractivity contribution in [3.63, 3.8) is 0 Å². The fourth-order valence-corrected chi connectivity index (χ4v) is 7.00. The molecule has 4 atom stereocenters. The number of aliphatic hydroxyl groups excluding tert-OH is 4. The van der Waals surface area contributed by atoms with Crippen molar-refractivity contribution in [2.75, 3.05) is 6.61 Å². The van der Waals surface area contributed by atoms with Crippen molar-refractivity contribution < 1.29 is 25.2 Å². The minimum atomic E-state index is -1.25. The second-order valence-corrected chi connectivity index (χ2v) is 15.9. The van der Waals surface area contributed by atoms with Crippen molar-refractivity contribution in [2.45, 2.75) is 257 Å². The Morgan fingerprint density at radius 2 is 0.776 bits per heavy atom. The van der Waals surface area contributed by atoms with Gasteiger partial charge in [0.1, 0.15) is 12.2 Å². The van der Waals surface area contributed by atoms with Gasteiger partial charge in [0, 0.05) is 0 Å². The van der Waals surface area contributed by atoms with E-state index in [4.69, 9.17) is 0 Å². The summed E-state index contributed by atoms with van der Waals surface area (Å²) in [6.07, 6.45) is 37.0. The van der Waals surface area contributed by atoms with Gasteiger partial charge in [-0.2, -0.15) is 0 Å². The highest BCUT2D eigenvalue weighted by molar-refractivity contribution is 5.80. The molecule has 0 radical (unpaired) electrons. The van der Waals surface area contributed by atoms with E-state index in [1.165, 1.54) is 161 Å². The second-order valence-electron chi connectivity index (χ2n) is 15.9. The molecule has 0 aliphatic heterocycles. The Balaban J connectivity index is 3.71. The van der Waals surface area contributed by atoms with Gasteiger partial charge in [-0.1, -0.05) is 220 Å². The summed E-state index contributed by atoms with van der Waals surface area (Å²) >= 11 is 0. The number of nitrogens with one attached hydrogen (secondary N) is 1. The Labute approximate surface area is 305 Å². The van der Waals surface area contributed by atoms with Crippen LogP contribution in [0.25, 0.3) is 0 Å². The summed E-state index contributed by atoms with van der Waals surface area (Å²) in [5.74, 6) is 0.250. The van der Waals surface area contributed by atoms with Crippen LogP contribution in [0.4, 0.5) is 0 Å². The first-order valence-corrected chi connectivity index (χ1v) is 21.8. The SMILES string of the molecule is CCCCCCCCCCCCCCCCCCCC[C@@H](O)C(=O)N[C@@H](CO)[C@H](O)[C@H](O)CCCCCCCCCCCCCCC(C)C. The van der Waals surface area contributed by atoms with Gasteiger partial charge in [0.25, 0.3) is 0 Å². The number of carbonyl (C=O) groups excluding carboxylic acids is 1. The maximum absolute atomic E-state index is 12.5. The second kappa shape index (κ2) is 37.1. The zero-order valence-electron chi connectivity index (χ0n) is 33.1. The quantitative estimate of drug-likeness (QED) is 0.0411. The third-order valence-corrected chi connectivity index (χ3v) is 10.5. The molecule has 0 unspecified atom stereocenters. The van der Waals surface area contributed by atoms with E-state index in [0.717, 1.165) is 44.4 Å². The summed E-state index contributed by atoms with van der Waals surface area (Å²) in [7, 11) is 0. The van der Waals surface area contributed by atoms with Gasteiger partial charge in [0.2, 0.25) is 5.91 Å². The first-order valence-electron chi connectivity index (χ1n) is 21.8. The van der Waals surface area contributed by atoms with Gasteiger partial charge in [0.05, 0.1) is 18.8 Å². The summed E-state index contributed by atoms with van der Waals surface area (Å²) < 4.78 is 0. The minimum Gasteiger partial charge on any atom is -0.394 e. The first kappa shape index (κ1) is 48.3. The van der Waals surface area contributed by atoms with Crippen molar-refractivity contribution >= 4 is 5.91 Å². The largest absolute Gasteiger partial charge is 0.394 e. The van der Waals surface area contributed by atoms with Crippen LogP contribution in [0.1, 0.15) is 233 Å². The molecule has 6 heteroatoms. The van der Waals surface area contributed by atoms with Gasteiger partial charge in [-0.15, -0.1) is 0 Å². The predicted molar refractivity (Wildman–Crippen MR) is 210 cm³/mol. The molecular weight excluding hydrogens is 610 g/mol. The van der Waals surface area contributed by atoms with Crippen LogP contribution >= 0.6 is 0 Å². The molecule has 0 bridgehead atoms. The Morgan fingerprint density at radius 1 is 0.469 bits per heavy atom. The van der Waals surface area contributed by atoms with Gasteiger partial charge in [-0.25, -0.2) is 0 Å². The number of amides is 1. The molecule has 0 aliphatic carbocycles. The Bertz CT molecular complexity index is 675. The van der Waals surface area contributed by atoms with Crippen LogP contribution in [0.5, 0.6) is 0 Å². The zero-order chi connectivity index (χ0) is 36.2. The van der Waals surface area contributed by atoms with Crippen LogP contribution in [-0.2, 0) is 4.79 Å². The number of hydrogen-bond donors (Lipinski definition) is 5. The number of carbonyl (C=O) groups is 1. The molecule has 6 nitrogen and oxygen atoms in total. The Morgan fingerprint density at radius 3 is 1.10 bits per heavy atom. The molecule has 0 fully saturated rings. The summed E-state index contributed by atoms with van der Waals surface area (Å²) in [5, 5.41) is 43.7. The van der Waals surface area contributed by atoms with E-state index in [1.54, 1.807) is 0 Å². The number of hydrogen-bond acceptors (Lipinski definition) is 5. The third-order valence-electron chi connectivity index (χ3n) is 10.5. The van der Waals surface area contributed by atoms with Crippen LogP contribution in [0.15, 0.2) is 0 Å². The number of unbranched alkanes of at least 4 members (excludes halogenated alkanes) is 28. The van der Waals surface area contributed by atoms with Crippen LogP contribution in [-0.4, -0.2) is 57.3 Å². The zero-order valence-corrected chi connectivity index (χ0v) is 33.1. The maximum Gasteiger partial charge on any atom is 0.249 e. The van der Waals surface area contributed by atoms with Crippen LogP contribution in [0.2, 0.25) is 0 Å². The normalized spacial score (nSPS) is 14.3. The standard InChI is InChI=1S/C43H87NO5/c1-4-5-6-7-8-9-10-11-12-13-14-15-16-21-24-27-30-33-36-41(47)43(49)44-39(37-45)42(48)40(46)35-32-29-26-23-20-18-17-19-22-25-28-31-34-38(2)3/h38-42,45-48H,4-37H2,1-3H3,(H,44,49)/t39-,40+,41+,42-/m0/s1. The molecule has 1 amide bonds. The highest BCUT2D eigenvalue weighted by Crippen LogP contribution is 2.17. The molecule has 294 valence electrons. The molecule has 0 saturated carbocycles. The molecule has 0 rings (SSSR count). The van der Waals surface area contributed by atoms with Gasteiger partial charge < -0.3 is 25.7 Å². The van der Waals surface area contributed by atoms with Crippen molar-refractivity contribution in [1.29, 1.82) is 0 Å². The van der Waals surface area contributed by atoms with Crippen molar-refractivity contribution in [2.24, 2.45) is 5.92 Å². The summed E-state index contributed by atoms with van der Waals surface area (Å²) in [6.45, 7) is 6.40. The fourth-order valence-electron chi connectivity index (χ4n) is 7.00. The predicted octanol–water partition coefficient (Wildman–Crippen LogP) is 11.1. The van der Waals surface area contributed by atoms with E-state index in [2.05, 4.69) is 26.1 Å². The molecule has 0 aromatic carbocycles. The lowest BCUT2D eigenvalue weighted by Gasteiger charge is -2.27. The summed E-state index contributed by atoms with van der Waals surface area (Å²) in [4.78, 5) is 12.5. The lowest BCUT2D eigenvalue weighted by molar-refractivity contribution is -0.132. The highest BCUT2D eigenvalue weighted by Gasteiger charge is 2.28. The first-order chi connectivity index (χ1) is 23.8. The number of rotatable bonds is 39. The summed E-state index contributed by atoms with van der Waals surface area (Å²) in [5.41, 5.74) is 0. The van der Waals surface area contributed by atoms with Crippen molar-refractivity contribution in [3.05, 3.63) is 0 Å². The van der Waals surface area contributed by atoms with Gasteiger partial charge in [-0.05, 0) is 18.8 Å². The van der Waals surface area contributed by atoms with E-state index >= 15 is 0 Å². The summed E-state index contributed by atoms with van der Waals surface area (Å²) in [6, 6.07) is -0.979. The van der Waals surface area contributed by atoms with Crippen LogP contribution in [0, 0.1) is 5.92 Å². The van der Waals surface area contributed by atoms with Gasteiger partial charge in [0.15, 0.2) is 0 Å². The molecule has 0 saturated heterocycles. The fraction of sp³-hybridized carbons (Fsp3) is 0.977. The lowest BCUT2D eigenvalue weighted by atomic mass is 9.99. The lowest BCUT2D eigenvalue weighted by Crippen LogP contribution is -2.53. The smallest absolute Gasteiger partial charge is 0.249 e. The topological polar surface area (TPSA) is 110 Å². The van der Waals surface area contributed by atoms with Crippen molar-refractivity contribution in [3.8, 4) is 0 Å². The van der Waals surface area contributed by atoms with Crippen molar-refractivity contribution in [1.82, 2.24) is 5.32 Å². The van der Waals surface area contributed by atoms with E-state index in [0.29, 0.717) is 12.8 Å². The van der Waals surface area contributed by atoms with E-state index in [9.17, 15) is 25.2 Å².